The van der Waals surface area contributed by atoms with Crippen molar-refractivity contribution in [2.45, 2.75) is 18.2 Å². The summed E-state index contributed by atoms with van der Waals surface area (Å²) in [4.78, 5) is 13.2. The molecule has 0 saturated carbocycles. The zero-order valence-electron chi connectivity index (χ0n) is 9.45. The van der Waals surface area contributed by atoms with E-state index in [-0.39, 0.29) is 10.7 Å². The number of nitrogens with zero attached hydrogens (tertiary/aromatic N) is 1. The van der Waals surface area contributed by atoms with Crippen LogP contribution in [0.5, 0.6) is 5.75 Å². The third-order valence-corrected chi connectivity index (χ3v) is 3.21. The number of halogens is 2. The second-order valence-electron chi connectivity index (χ2n) is 3.85. The van der Waals surface area contributed by atoms with Crippen LogP contribution in [0.25, 0.3) is 0 Å². The Balaban J connectivity index is 2.24. The molecule has 17 heavy (non-hydrogen) atoms. The molecule has 1 fully saturated rings. The van der Waals surface area contributed by atoms with Crippen molar-refractivity contribution in [2.75, 3.05) is 18.1 Å². The lowest BCUT2D eigenvalue weighted by molar-refractivity contribution is -0.117. The van der Waals surface area contributed by atoms with Crippen molar-refractivity contribution in [3.05, 3.63) is 24.0 Å². The molecule has 1 aliphatic heterocycles. The molecule has 1 aromatic rings. The van der Waals surface area contributed by atoms with Gasteiger partial charge in [-0.05, 0) is 19.1 Å². The van der Waals surface area contributed by atoms with Gasteiger partial charge < -0.3 is 9.64 Å². The predicted octanol–water partition coefficient (Wildman–Crippen LogP) is 2.72. The Hall–Kier alpha value is -1.10. The van der Waals surface area contributed by atoms with Gasteiger partial charge in [-0.25, -0.2) is 4.39 Å². The van der Waals surface area contributed by atoms with Crippen molar-refractivity contribution in [3.8, 4) is 5.75 Å². The van der Waals surface area contributed by atoms with Crippen molar-refractivity contribution >= 4 is 27.5 Å². The summed E-state index contributed by atoms with van der Waals surface area (Å²) in [6, 6.07) is 4.58. The van der Waals surface area contributed by atoms with Crippen LogP contribution in [0.1, 0.15) is 13.3 Å². The Kier molecular flexibility index (Phi) is 3.66. The van der Waals surface area contributed by atoms with E-state index in [2.05, 4.69) is 15.9 Å². The number of anilines is 1. The third kappa shape index (κ3) is 2.60. The number of amides is 1. The van der Waals surface area contributed by atoms with E-state index in [1.54, 1.807) is 12.1 Å². The standard InChI is InChI=1S/C12H13BrFNO2/c1-2-17-9-3-4-11(10(14)6-9)15-7-8(13)5-12(15)16/h3-4,6,8H,2,5,7H2,1H3. The minimum Gasteiger partial charge on any atom is -0.494 e. The van der Waals surface area contributed by atoms with Gasteiger partial charge in [0.1, 0.15) is 5.75 Å². The van der Waals surface area contributed by atoms with E-state index in [1.807, 2.05) is 6.92 Å². The van der Waals surface area contributed by atoms with Crippen LogP contribution in [0.3, 0.4) is 0 Å². The van der Waals surface area contributed by atoms with Gasteiger partial charge in [0.15, 0.2) is 5.82 Å². The molecule has 1 aliphatic rings. The fourth-order valence-electron chi connectivity index (χ4n) is 1.86. The summed E-state index contributed by atoms with van der Waals surface area (Å²) in [6.07, 6.45) is 0.409. The van der Waals surface area contributed by atoms with E-state index in [0.717, 1.165) is 0 Å². The number of carbonyl (C=O) groups excluding carboxylic acids is 1. The SMILES string of the molecule is CCOc1ccc(N2CC(Br)CC2=O)c(F)c1. The molecule has 0 aliphatic carbocycles. The van der Waals surface area contributed by atoms with Crippen molar-refractivity contribution in [2.24, 2.45) is 0 Å². The van der Waals surface area contributed by atoms with Gasteiger partial charge >= 0.3 is 0 Å². The fraction of sp³-hybridized carbons (Fsp3) is 0.417. The van der Waals surface area contributed by atoms with Crippen LogP contribution in [0.4, 0.5) is 10.1 Å². The highest BCUT2D eigenvalue weighted by atomic mass is 79.9. The van der Waals surface area contributed by atoms with E-state index in [9.17, 15) is 9.18 Å². The monoisotopic (exact) mass is 301 g/mol. The van der Waals surface area contributed by atoms with E-state index in [4.69, 9.17) is 4.74 Å². The molecule has 3 nitrogen and oxygen atoms in total. The second-order valence-corrected chi connectivity index (χ2v) is 5.15. The van der Waals surface area contributed by atoms with Crippen LogP contribution in [0.15, 0.2) is 18.2 Å². The molecule has 0 spiro atoms. The number of hydrogen-bond donors (Lipinski definition) is 0. The fourth-order valence-corrected chi connectivity index (χ4v) is 2.43. The Labute approximate surface area is 108 Å². The maximum Gasteiger partial charge on any atom is 0.228 e. The lowest BCUT2D eigenvalue weighted by Gasteiger charge is -2.17. The molecule has 0 bridgehead atoms. The number of benzene rings is 1. The lowest BCUT2D eigenvalue weighted by Crippen LogP contribution is -2.25. The quantitative estimate of drug-likeness (QED) is 0.804. The minimum absolute atomic E-state index is 0.0602. The largest absolute Gasteiger partial charge is 0.494 e. The molecule has 1 unspecified atom stereocenters. The van der Waals surface area contributed by atoms with Crippen molar-refractivity contribution < 1.29 is 13.9 Å². The summed E-state index contributed by atoms with van der Waals surface area (Å²) >= 11 is 3.37. The lowest BCUT2D eigenvalue weighted by atomic mass is 10.2. The molecule has 5 heteroatoms. The molecule has 1 aromatic carbocycles. The molecule has 0 N–H and O–H groups in total. The van der Waals surface area contributed by atoms with Crippen molar-refractivity contribution in [1.29, 1.82) is 0 Å². The van der Waals surface area contributed by atoms with Crippen LogP contribution in [0, 0.1) is 5.82 Å². The molecule has 1 amide bonds. The summed E-state index contributed by atoms with van der Waals surface area (Å²) in [5.41, 5.74) is 0.320. The molecule has 92 valence electrons. The molecule has 2 rings (SSSR count). The molecular weight excluding hydrogens is 289 g/mol. The van der Waals surface area contributed by atoms with E-state index < -0.39 is 5.82 Å². The van der Waals surface area contributed by atoms with Gasteiger partial charge in [-0.2, -0.15) is 0 Å². The van der Waals surface area contributed by atoms with Crippen LogP contribution in [0.2, 0.25) is 0 Å². The van der Waals surface area contributed by atoms with Crippen LogP contribution >= 0.6 is 15.9 Å². The van der Waals surface area contributed by atoms with Crippen molar-refractivity contribution in [1.82, 2.24) is 0 Å². The summed E-state index contributed by atoms with van der Waals surface area (Å²) < 4.78 is 19.0. The maximum atomic E-state index is 13.8. The first-order valence-electron chi connectivity index (χ1n) is 5.48. The van der Waals surface area contributed by atoms with E-state index in [1.165, 1.54) is 11.0 Å². The Morgan fingerprint density at radius 2 is 2.35 bits per heavy atom. The first-order valence-corrected chi connectivity index (χ1v) is 6.40. The summed E-state index contributed by atoms with van der Waals surface area (Å²) in [6.45, 7) is 2.83. The highest BCUT2D eigenvalue weighted by molar-refractivity contribution is 9.09. The van der Waals surface area contributed by atoms with Gasteiger partial charge in [0.2, 0.25) is 5.91 Å². The topological polar surface area (TPSA) is 29.5 Å². The van der Waals surface area contributed by atoms with Crippen LogP contribution in [-0.2, 0) is 4.79 Å². The zero-order valence-corrected chi connectivity index (χ0v) is 11.0. The summed E-state index contributed by atoms with van der Waals surface area (Å²) in [7, 11) is 0. The molecule has 1 atom stereocenters. The van der Waals surface area contributed by atoms with Crippen molar-refractivity contribution in [3.63, 3.8) is 0 Å². The van der Waals surface area contributed by atoms with Gasteiger partial charge in [0, 0.05) is 23.9 Å². The van der Waals surface area contributed by atoms with E-state index >= 15 is 0 Å². The van der Waals surface area contributed by atoms with E-state index in [0.29, 0.717) is 31.0 Å². The smallest absolute Gasteiger partial charge is 0.228 e. The molecule has 1 heterocycles. The molecule has 0 aromatic heterocycles. The van der Waals surface area contributed by atoms with Gasteiger partial charge in [-0.1, -0.05) is 15.9 Å². The minimum atomic E-state index is -0.425. The summed E-state index contributed by atoms with van der Waals surface area (Å²) in [5.74, 6) is -0.00313. The third-order valence-electron chi connectivity index (χ3n) is 2.60. The van der Waals surface area contributed by atoms with Gasteiger partial charge in [-0.15, -0.1) is 0 Å². The Morgan fingerprint density at radius 3 is 2.88 bits per heavy atom. The normalized spacial score (nSPS) is 19.8. The predicted molar refractivity (Wildman–Crippen MR) is 67.3 cm³/mol. The Morgan fingerprint density at radius 1 is 1.59 bits per heavy atom. The van der Waals surface area contributed by atoms with Crippen LogP contribution in [-0.4, -0.2) is 23.9 Å². The summed E-state index contributed by atoms with van der Waals surface area (Å²) in [5, 5.41) is 0. The highest BCUT2D eigenvalue weighted by Gasteiger charge is 2.30. The maximum absolute atomic E-state index is 13.8. The number of hydrogen-bond acceptors (Lipinski definition) is 2. The first-order chi connectivity index (χ1) is 8.11. The number of carbonyl (C=O) groups is 1. The molecule has 0 radical (unpaired) electrons. The average molecular weight is 302 g/mol. The van der Waals surface area contributed by atoms with Gasteiger partial charge in [0.25, 0.3) is 0 Å². The average Bonchev–Trinajstić information content (AvgIpc) is 2.58. The molecule has 1 saturated heterocycles. The zero-order chi connectivity index (χ0) is 12.4. The first kappa shape index (κ1) is 12.4. The number of alkyl halides is 1. The Bertz CT molecular complexity index is 439. The number of ether oxygens (including phenoxy) is 1. The van der Waals surface area contributed by atoms with Gasteiger partial charge in [-0.3, -0.25) is 4.79 Å². The molecular formula is C12H13BrFNO2. The van der Waals surface area contributed by atoms with Gasteiger partial charge in [0.05, 0.1) is 12.3 Å². The number of rotatable bonds is 3. The highest BCUT2D eigenvalue weighted by Crippen LogP contribution is 2.29. The van der Waals surface area contributed by atoms with Crippen LogP contribution < -0.4 is 9.64 Å². The second kappa shape index (κ2) is 5.04.